The maximum Gasteiger partial charge on any atom is 0.269 e. The fourth-order valence-corrected chi connectivity index (χ4v) is 1.80. The highest BCUT2D eigenvalue weighted by Crippen LogP contribution is 2.23. The minimum absolute atomic E-state index is 0.00699. The van der Waals surface area contributed by atoms with Gasteiger partial charge >= 0.3 is 0 Å². The number of anilines is 1. The van der Waals surface area contributed by atoms with Crippen LogP contribution in [0.15, 0.2) is 22.8 Å². The number of benzene rings is 1. The van der Waals surface area contributed by atoms with Gasteiger partial charge in [0.1, 0.15) is 16.5 Å². The van der Waals surface area contributed by atoms with Gasteiger partial charge in [0.25, 0.3) is 5.91 Å². The summed E-state index contributed by atoms with van der Waals surface area (Å²) < 4.78 is 30.0. The Balaban J connectivity index is 2.25. The standard InChI is InChI=1S/C9H4BrF2N3OS/c10-4-1-6(12)7(2-5(4)11)14-9(16)8-3-13-15-17-8/h1-3H,(H,14,16). The molecule has 1 aromatic carbocycles. The predicted octanol–water partition coefficient (Wildman–Crippen LogP) is 2.83. The first-order valence-electron chi connectivity index (χ1n) is 4.31. The number of carbonyl (C=O) groups is 1. The third kappa shape index (κ3) is 2.64. The molecule has 8 heteroatoms. The molecule has 0 radical (unpaired) electrons. The van der Waals surface area contributed by atoms with E-state index in [4.69, 9.17) is 0 Å². The van der Waals surface area contributed by atoms with Crippen molar-refractivity contribution in [2.75, 3.05) is 5.32 Å². The lowest BCUT2D eigenvalue weighted by Crippen LogP contribution is -2.11. The van der Waals surface area contributed by atoms with Gasteiger partial charge < -0.3 is 5.32 Å². The summed E-state index contributed by atoms with van der Waals surface area (Å²) in [5.41, 5.74) is -0.232. The summed E-state index contributed by atoms with van der Waals surface area (Å²) in [6.07, 6.45) is 1.24. The summed E-state index contributed by atoms with van der Waals surface area (Å²) in [6.45, 7) is 0. The predicted molar refractivity (Wildman–Crippen MR) is 61.9 cm³/mol. The Labute approximate surface area is 107 Å². The highest BCUT2D eigenvalue weighted by Gasteiger charge is 2.13. The topological polar surface area (TPSA) is 54.9 Å². The number of hydrogen-bond acceptors (Lipinski definition) is 4. The molecule has 1 heterocycles. The molecule has 0 aliphatic heterocycles. The van der Waals surface area contributed by atoms with Gasteiger partial charge in [0.2, 0.25) is 0 Å². The zero-order chi connectivity index (χ0) is 12.4. The molecular weight excluding hydrogens is 316 g/mol. The average Bonchev–Trinajstić information content (AvgIpc) is 2.79. The number of rotatable bonds is 2. The van der Waals surface area contributed by atoms with Crippen LogP contribution in [-0.4, -0.2) is 15.5 Å². The Morgan fingerprint density at radius 3 is 2.76 bits per heavy atom. The quantitative estimate of drug-likeness (QED) is 0.866. The lowest BCUT2D eigenvalue weighted by Gasteiger charge is -2.05. The second-order valence-corrected chi connectivity index (χ2v) is 4.62. The maximum absolute atomic E-state index is 13.4. The Hall–Kier alpha value is -1.41. The maximum atomic E-state index is 13.4. The minimum Gasteiger partial charge on any atom is -0.319 e. The highest BCUT2D eigenvalue weighted by atomic mass is 79.9. The van der Waals surface area contributed by atoms with Crippen molar-refractivity contribution in [1.29, 1.82) is 0 Å². The van der Waals surface area contributed by atoms with Gasteiger partial charge in [-0.1, -0.05) is 4.49 Å². The van der Waals surface area contributed by atoms with E-state index in [1.807, 2.05) is 0 Å². The van der Waals surface area contributed by atoms with Gasteiger partial charge in [-0.2, -0.15) is 0 Å². The Morgan fingerprint density at radius 1 is 1.35 bits per heavy atom. The molecule has 0 saturated carbocycles. The lowest BCUT2D eigenvalue weighted by molar-refractivity contribution is 0.103. The fourth-order valence-electron chi connectivity index (χ4n) is 1.07. The third-order valence-electron chi connectivity index (χ3n) is 1.84. The van der Waals surface area contributed by atoms with Crippen molar-refractivity contribution in [3.63, 3.8) is 0 Å². The van der Waals surface area contributed by atoms with Crippen molar-refractivity contribution >= 4 is 39.1 Å². The molecule has 0 saturated heterocycles. The molecule has 17 heavy (non-hydrogen) atoms. The van der Waals surface area contributed by atoms with Gasteiger partial charge in [0.05, 0.1) is 16.4 Å². The van der Waals surface area contributed by atoms with E-state index in [9.17, 15) is 13.6 Å². The summed E-state index contributed by atoms with van der Waals surface area (Å²) in [5, 5.41) is 5.71. The van der Waals surface area contributed by atoms with Gasteiger partial charge in [0, 0.05) is 6.07 Å². The summed E-state index contributed by atoms with van der Waals surface area (Å²) in [6, 6.07) is 1.83. The van der Waals surface area contributed by atoms with Gasteiger partial charge in [-0.3, -0.25) is 4.79 Å². The van der Waals surface area contributed by atoms with Crippen LogP contribution in [0.5, 0.6) is 0 Å². The number of amides is 1. The zero-order valence-corrected chi connectivity index (χ0v) is 10.5. The molecule has 2 rings (SSSR count). The van der Waals surface area contributed by atoms with E-state index in [1.165, 1.54) is 6.20 Å². The smallest absolute Gasteiger partial charge is 0.269 e. The zero-order valence-electron chi connectivity index (χ0n) is 8.08. The van der Waals surface area contributed by atoms with Gasteiger partial charge in [-0.25, -0.2) is 8.78 Å². The molecule has 4 nitrogen and oxygen atoms in total. The largest absolute Gasteiger partial charge is 0.319 e. The second-order valence-electron chi connectivity index (χ2n) is 2.98. The summed E-state index contributed by atoms with van der Waals surface area (Å²) in [4.78, 5) is 11.8. The molecule has 0 atom stereocenters. The molecule has 2 aromatic rings. The molecule has 0 spiro atoms. The Bertz CT molecular complexity index is 562. The molecule has 0 bridgehead atoms. The monoisotopic (exact) mass is 319 g/mol. The SMILES string of the molecule is O=C(Nc1cc(F)c(Br)cc1F)c1cnns1. The van der Waals surface area contributed by atoms with Crippen LogP contribution in [0.1, 0.15) is 9.67 Å². The number of hydrogen-bond donors (Lipinski definition) is 1. The van der Waals surface area contributed by atoms with Crippen LogP contribution >= 0.6 is 27.5 Å². The first kappa shape index (κ1) is 12.1. The van der Waals surface area contributed by atoms with Crippen molar-refractivity contribution in [2.45, 2.75) is 0 Å². The molecule has 1 N–H and O–H groups in total. The van der Waals surface area contributed by atoms with E-state index in [0.717, 1.165) is 23.7 Å². The molecule has 1 aromatic heterocycles. The molecule has 88 valence electrons. The number of carbonyl (C=O) groups excluding carboxylic acids is 1. The Kier molecular flexibility index (Phi) is 3.43. The second kappa shape index (κ2) is 4.84. The van der Waals surface area contributed by atoms with E-state index in [2.05, 4.69) is 30.8 Å². The molecular formula is C9H4BrF2N3OS. The van der Waals surface area contributed by atoms with Crippen LogP contribution < -0.4 is 5.32 Å². The van der Waals surface area contributed by atoms with Crippen molar-refractivity contribution < 1.29 is 13.6 Å². The van der Waals surface area contributed by atoms with Crippen LogP contribution in [0.4, 0.5) is 14.5 Å². The van der Waals surface area contributed by atoms with Gasteiger partial charge in [0.15, 0.2) is 0 Å². The van der Waals surface area contributed by atoms with E-state index in [1.54, 1.807) is 0 Å². The first-order valence-corrected chi connectivity index (χ1v) is 5.88. The van der Waals surface area contributed by atoms with Crippen LogP contribution in [-0.2, 0) is 0 Å². The van der Waals surface area contributed by atoms with Crippen LogP contribution in [0.25, 0.3) is 0 Å². The highest BCUT2D eigenvalue weighted by molar-refractivity contribution is 9.10. The van der Waals surface area contributed by atoms with E-state index < -0.39 is 17.5 Å². The van der Waals surface area contributed by atoms with E-state index in [-0.39, 0.29) is 15.0 Å². The third-order valence-corrected chi connectivity index (χ3v) is 3.11. The summed E-state index contributed by atoms with van der Waals surface area (Å²) >= 11 is 3.70. The van der Waals surface area contributed by atoms with E-state index >= 15 is 0 Å². The van der Waals surface area contributed by atoms with Crippen LogP contribution in [0, 0.1) is 11.6 Å². The van der Waals surface area contributed by atoms with Crippen molar-refractivity contribution in [1.82, 2.24) is 9.59 Å². The van der Waals surface area contributed by atoms with Crippen molar-refractivity contribution in [2.24, 2.45) is 0 Å². The molecule has 0 aliphatic carbocycles. The lowest BCUT2D eigenvalue weighted by atomic mass is 10.3. The molecule has 0 aliphatic rings. The number of nitrogens with one attached hydrogen (secondary N) is 1. The fraction of sp³-hybridized carbons (Fsp3) is 0. The summed E-state index contributed by atoms with van der Waals surface area (Å²) in [5.74, 6) is -1.98. The number of halogens is 3. The average molecular weight is 320 g/mol. The number of aromatic nitrogens is 2. The van der Waals surface area contributed by atoms with Gasteiger partial charge in [-0.05, 0) is 33.5 Å². The molecule has 0 fully saturated rings. The van der Waals surface area contributed by atoms with Crippen LogP contribution in [0.2, 0.25) is 0 Å². The minimum atomic E-state index is -0.732. The summed E-state index contributed by atoms with van der Waals surface area (Å²) in [7, 11) is 0. The van der Waals surface area contributed by atoms with Gasteiger partial charge in [-0.15, -0.1) is 5.10 Å². The van der Waals surface area contributed by atoms with E-state index in [0.29, 0.717) is 0 Å². The normalized spacial score (nSPS) is 10.3. The van der Waals surface area contributed by atoms with Crippen LogP contribution in [0.3, 0.4) is 0 Å². The molecule has 1 amide bonds. The van der Waals surface area contributed by atoms with Crippen molar-refractivity contribution in [3.8, 4) is 0 Å². The Morgan fingerprint density at radius 2 is 2.12 bits per heavy atom. The molecule has 0 unspecified atom stereocenters. The van der Waals surface area contributed by atoms with Crippen molar-refractivity contribution in [3.05, 3.63) is 39.3 Å². The number of nitrogens with zero attached hydrogens (tertiary/aromatic N) is 2. The first-order chi connectivity index (χ1) is 8.08.